The number of carbonyl (C=O) groups excluding carboxylic acids is 1. The minimum atomic E-state index is -0.540. The van der Waals surface area contributed by atoms with Crippen LogP contribution in [-0.4, -0.2) is 46.5 Å². The van der Waals surface area contributed by atoms with Gasteiger partial charge >= 0.3 is 6.09 Å². The average Bonchev–Trinajstić information content (AvgIpc) is 3.33. The van der Waals surface area contributed by atoms with Crippen LogP contribution in [-0.2, 0) is 11.2 Å². The number of benzene rings is 1. The van der Waals surface area contributed by atoms with E-state index in [0.717, 1.165) is 26.3 Å². The van der Waals surface area contributed by atoms with Crippen LogP contribution in [0.5, 0.6) is 0 Å². The van der Waals surface area contributed by atoms with E-state index in [0.29, 0.717) is 40.7 Å². The molecule has 1 aromatic carbocycles. The number of nitrogens with zero attached hydrogens (tertiary/aromatic N) is 3. The summed E-state index contributed by atoms with van der Waals surface area (Å²) in [5.41, 5.74) is 1.33. The Morgan fingerprint density at radius 2 is 2.24 bits per heavy atom. The summed E-state index contributed by atoms with van der Waals surface area (Å²) in [5.74, 6) is -0.0974. The van der Waals surface area contributed by atoms with Crippen LogP contribution in [0.25, 0.3) is 10.9 Å². The van der Waals surface area contributed by atoms with E-state index in [4.69, 9.17) is 10.00 Å². The van der Waals surface area contributed by atoms with Crippen LogP contribution in [0.4, 0.5) is 14.9 Å². The van der Waals surface area contributed by atoms with Crippen LogP contribution < -0.4 is 5.32 Å². The Hall–Kier alpha value is -1.32. The lowest BCUT2D eigenvalue weighted by molar-refractivity contribution is 0.0239. The number of aromatic nitrogens is 1. The van der Waals surface area contributed by atoms with Gasteiger partial charge in [0.15, 0.2) is 5.82 Å². The van der Waals surface area contributed by atoms with E-state index in [2.05, 4.69) is 54.9 Å². The van der Waals surface area contributed by atoms with Crippen molar-refractivity contribution in [2.45, 2.75) is 62.7 Å². The van der Waals surface area contributed by atoms with Gasteiger partial charge in [-0.3, -0.25) is 0 Å². The number of carbonyl (C=O) groups is 1. The van der Waals surface area contributed by atoms with Crippen LogP contribution >= 0.6 is 50.3 Å². The molecule has 0 spiro atoms. The van der Waals surface area contributed by atoms with Gasteiger partial charge < -0.3 is 15.0 Å². The molecule has 3 aliphatic rings. The molecule has 2 bridgehead atoms. The SMILES string of the molecule is CSc1nc2c(F)c(Br)c(CCC#N)cc2c(N[C@H]2[C@@H]3C[C@H]2N(C(=O)OC(C)(C)C)C3)c1I. The molecule has 2 aromatic rings. The lowest BCUT2D eigenvalue weighted by atomic mass is 9.80. The standard InChI is InChI=1S/C23H25BrFIN4O2S/c1-23(2,3)32-22(31)30-10-12-9-14(30)18(12)28-20-13-8-11(6-5-7-27)15(24)16(25)19(13)29-21(33-4)17(20)26/h8,12,14,18H,5-6,9-10H2,1-4H3,(H,28,29)/t12-,14-,18+/m1/s1. The van der Waals surface area contributed by atoms with Gasteiger partial charge in [-0.25, -0.2) is 14.2 Å². The topological polar surface area (TPSA) is 78.3 Å². The zero-order valence-electron chi connectivity index (χ0n) is 18.8. The Morgan fingerprint density at radius 3 is 2.88 bits per heavy atom. The lowest BCUT2D eigenvalue weighted by Gasteiger charge is -2.38. The van der Waals surface area contributed by atoms with Crippen molar-refractivity contribution in [2.24, 2.45) is 5.92 Å². The van der Waals surface area contributed by atoms with Crippen molar-refractivity contribution in [3.05, 3.63) is 25.5 Å². The van der Waals surface area contributed by atoms with Crippen LogP contribution in [0, 0.1) is 26.6 Å². The first-order valence-corrected chi connectivity index (χ1v) is 13.8. The van der Waals surface area contributed by atoms with E-state index < -0.39 is 11.4 Å². The molecule has 3 atom stereocenters. The second-order valence-electron chi connectivity index (χ2n) is 9.39. The van der Waals surface area contributed by atoms with Crippen molar-refractivity contribution < 1.29 is 13.9 Å². The zero-order chi connectivity index (χ0) is 24.1. The summed E-state index contributed by atoms with van der Waals surface area (Å²) in [6.45, 7) is 6.26. The zero-order valence-corrected chi connectivity index (χ0v) is 23.4. The number of pyridine rings is 1. The summed E-state index contributed by atoms with van der Waals surface area (Å²) in [6.07, 6.45) is 3.32. The number of hydrogen-bond acceptors (Lipinski definition) is 6. The largest absolute Gasteiger partial charge is 0.444 e. The maximum Gasteiger partial charge on any atom is 0.410 e. The molecule has 6 nitrogen and oxygen atoms in total. The summed E-state index contributed by atoms with van der Waals surface area (Å²) in [5, 5.41) is 14.1. The Kier molecular flexibility index (Phi) is 7.05. The van der Waals surface area contributed by atoms with Gasteiger partial charge in [0, 0.05) is 24.3 Å². The first kappa shape index (κ1) is 24.8. The van der Waals surface area contributed by atoms with E-state index in [9.17, 15) is 4.79 Å². The van der Waals surface area contributed by atoms with E-state index in [1.807, 2.05) is 38.0 Å². The molecule has 3 heterocycles. The number of rotatable bonds is 5. The monoisotopic (exact) mass is 646 g/mol. The van der Waals surface area contributed by atoms with E-state index in [1.54, 1.807) is 0 Å². The Bertz CT molecular complexity index is 1170. The van der Waals surface area contributed by atoms with Gasteiger partial charge in [-0.2, -0.15) is 5.26 Å². The Labute approximate surface area is 219 Å². The summed E-state index contributed by atoms with van der Waals surface area (Å²) in [4.78, 5) is 19.1. The van der Waals surface area contributed by atoms with Gasteiger partial charge in [-0.1, -0.05) is 0 Å². The molecular weight excluding hydrogens is 622 g/mol. The van der Waals surface area contributed by atoms with Crippen molar-refractivity contribution in [1.82, 2.24) is 9.88 Å². The fraction of sp³-hybridized carbons (Fsp3) is 0.522. The third-order valence-corrected chi connectivity index (χ3v) is 9.04. The molecule has 2 aliphatic heterocycles. The number of hydrogen-bond donors (Lipinski definition) is 1. The van der Waals surface area contributed by atoms with Gasteiger partial charge in [0.1, 0.15) is 16.1 Å². The number of fused-ring (bicyclic) bond motifs is 2. The molecule has 5 rings (SSSR count). The molecule has 1 aromatic heterocycles. The molecule has 1 aliphatic carbocycles. The summed E-state index contributed by atoms with van der Waals surface area (Å²) < 4.78 is 22.2. The van der Waals surface area contributed by atoms with Crippen molar-refractivity contribution in [3.63, 3.8) is 0 Å². The van der Waals surface area contributed by atoms with Gasteiger partial charge in [-0.05, 0) is 90.0 Å². The molecule has 0 unspecified atom stereocenters. The smallest absolute Gasteiger partial charge is 0.410 e. The predicted molar refractivity (Wildman–Crippen MR) is 140 cm³/mol. The molecule has 176 valence electrons. The maximum absolute atomic E-state index is 15.3. The van der Waals surface area contributed by atoms with E-state index in [1.165, 1.54) is 11.8 Å². The molecule has 2 saturated heterocycles. The third kappa shape index (κ3) is 4.65. The van der Waals surface area contributed by atoms with Gasteiger partial charge in [0.05, 0.1) is 31.9 Å². The Balaban J connectivity index is 1.71. The summed E-state index contributed by atoms with van der Waals surface area (Å²) in [6, 6.07) is 4.16. The molecular formula is C23H25BrFIN4O2S. The highest BCUT2D eigenvalue weighted by Crippen LogP contribution is 2.46. The third-order valence-electron chi connectivity index (χ3n) is 6.08. The summed E-state index contributed by atoms with van der Waals surface area (Å²) in [7, 11) is 0. The highest BCUT2D eigenvalue weighted by molar-refractivity contribution is 14.1. The van der Waals surface area contributed by atoms with Crippen molar-refractivity contribution >= 4 is 73.0 Å². The maximum atomic E-state index is 15.3. The highest BCUT2D eigenvalue weighted by atomic mass is 127. The molecule has 0 radical (unpaired) electrons. The number of anilines is 1. The van der Waals surface area contributed by atoms with Gasteiger partial charge in [0.25, 0.3) is 0 Å². The number of ether oxygens (including phenoxy) is 1. The number of thioether (sulfide) groups is 1. The van der Waals surface area contributed by atoms with E-state index >= 15 is 4.39 Å². The first-order valence-electron chi connectivity index (χ1n) is 10.7. The predicted octanol–water partition coefficient (Wildman–Crippen LogP) is 6.34. The number of aryl methyl sites for hydroxylation is 1. The van der Waals surface area contributed by atoms with Gasteiger partial charge in [0.2, 0.25) is 0 Å². The number of nitriles is 1. The van der Waals surface area contributed by atoms with Gasteiger partial charge in [-0.15, -0.1) is 11.8 Å². The first-order chi connectivity index (χ1) is 15.6. The molecule has 1 saturated carbocycles. The van der Waals surface area contributed by atoms with Crippen molar-refractivity contribution in [3.8, 4) is 6.07 Å². The molecule has 33 heavy (non-hydrogen) atoms. The van der Waals surface area contributed by atoms with Crippen LogP contribution in [0.15, 0.2) is 15.6 Å². The fourth-order valence-corrected chi connectivity index (χ4v) is 6.72. The highest BCUT2D eigenvalue weighted by Gasteiger charge is 2.55. The molecule has 1 N–H and O–H groups in total. The molecule has 1 amide bonds. The lowest BCUT2D eigenvalue weighted by Crippen LogP contribution is -2.50. The van der Waals surface area contributed by atoms with Crippen molar-refractivity contribution in [2.75, 3.05) is 18.1 Å². The Morgan fingerprint density at radius 1 is 1.52 bits per heavy atom. The molecule has 10 heteroatoms. The fourth-order valence-electron chi connectivity index (χ4n) is 4.52. The number of halogens is 3. The van der Waals surface area contributed by atoms with E-state index in [-0.39, 0.29) is 18.2 Å². The number of amides is 1. The summed E-state index contributed by atoms with van der Waals surface area (Å²) >= 11 is 7.09. The molecule has 3 fully saturated rings. The number of nitrogens with one attached hydrogen (secondary N) is 1. The second kappa shape index (κ2) is 9.38. The van der Waals surface area contributed by atoms with Crippen LogP contribution in [0.2, 0.25) is 0 Å². The minimum Gasteiger partial charge on any atom is -0.444 e. The van der Waals surface area contributed by atoms with Crippen molar-refractivity contribution in [1.29, 1.82) is 5.26 Å². The average molecular weight is 647 g/mol. The second-order valence-corrected chi connectivity index (χ2v) is 12.1. The van der Waals surface area contributed by atoms with Crippen LogP contribution in [0.3, 0.4) is 0 Å². The minimum absolute atomic E-state index is 0.0416. The normalized spacial score (nSPS) is 21.6. The quantitative estimate of drug-likeness (QED) is 0.302. The van der Waals surface area contributed by atoms with Crippen LogP contribution in [0.1, 0.15) is 39.2 Å².